The molecule has 1 aromatic carbocycles. The normalized spacial score (nSPS) is 11.1. The molecule has 0 aliphatic heterocycles. The zero-order valence-corrected chi connectivity index (χ0v) is 13.2. The molecule has 0 saturated heterocycles. The fourth-order valence-corrected chi connectivity index (χ4v) is 2.48. The number of anilines is 1. The van der Waals surface area contributed by atoms with Crippen molar-refractivity contribution in [3.8, 4) is 11.5 Å². The van der Waals surface area contributed by atoms with E-state index in [4.69, 9.17) is 9.47 Å². The Labute approximate surface area is 128 Å². The molecule has 2 aromatic rings. The largest absolute Gasteiger partial charge is 0.493 e. The monoisotopic (exact) mass is 305 g/mol. The highest BCUT2D eigenvalue weighted by Gasteiger charge is 2.06. The van der Waals surface area contributed by atoms with Crippen molar-refractivity contribution in [3.63, 3.8) is 0 Å². The maximum Gasteiger partial charge on any atom is 0.195 e. The summed E-state index contributed by atoms with van der Waals surface area (Å²) >= 11 is 1.68. The van der Waals surface area contributed by atoms with Crippen molar-refractivity contribution >= 4 is 23.0 Å². The highest BCUT2D eigenvalue weighted by atomic mass is 32.1. The molecule has 0 atom stereocenters. The average molecular weight is 305 g/mol. The van der Waals surface area contributed by atoms with Gasteiger partial charge in [0, 0.05) is 25.3 Å². The number of guanidine groups is 1. The van der Waals surface area contributed by atoms with Crippen LogP contribution >= 0.6 is 11.3 Å². The highest BCUT2D eigenvalue weighted by molar-refractivity contribution is 7.07. The number of benzene rings is 1. The second kappa shape index (κ2) is 7.54. The maximum absolute atomic E-state index is 5.29. The van der Waals surface area contributed by atoms with Crippen molar-refractivity contribution in [2.45, 2.75) is 6.54 Å². The van der Waals surface area contributed by atoms with Gasteiger partial charge in [-0.25, -0.2) is 0 Å². The van der Waals surface area contributed by atoms with Crippen molar-refractivity contribution in [1.82, 2.24) is 5.32 Å². The second-order valence-corrected chi connectivity index (χ2v) is 5.03. The smallest absolute Gasteiger partial charge is 0.195 e. The number of hydrogen-bond acceptors (Lipinski definition) is 4. The summed E-state index contributed by atoms with van der Waals surface area (Å²) in [5, 5.41) is 10.6. The molecule has 0 spiro atoms. The van der Waals surface area contributed by atoms with Crippen LogP contribution in [0.15, 0.2) is 40.0 Å². The molecule has 0 radical (unpaired) electrons. The highest BCUT2D eigenvalue weighted by Crippen LogP contribution is 2.29. The molecule has 21 heavy (non-hydrogen) atoms. The molecule has 1 heterocycles. The first kappa shape index (κ1) is 15.2. The summed E-state index contributed by atoms with van der Waals surface area (Å²) in [4.78, 5) is 4.21. The van der Waals surface area contributed by atoms with Crippen LogP contribution in [0.25, 0.3) is 0 Å². The third-order valence-electron chi connectivity index (χ3n) is 2.91. The van der Waals surface area contributed by atoms with Gasteiger partial charge < -0.3 is 20.1 Å². The SMILES string of the molecule is CN=C(NCc1ccsc1)Nc1ccc(OC)c(OC)c1. The van der Waals surface area contributed by atoms with Gasteiger partial charge in [-0.05, 0) is 34.5 Å². The molecule has 2 N–H and O–H groups in total. The van der Waals surface area contributed by atoms with Crippen molar-refractivity contribution < 1.29 is 9.47 Å². The van der Waals surface area contributed by atoms with Crippen molar-refractivity contribution in [2.24, 2.45) is 4.99 Å². The number of thiophene rings is 1. The molecule has 6 heteroatoms. The van der Waals surface area contributed by atoms with Gasteiger partial charge in [0.25, 0.3) is 0 Å². The van der Waals surface area contributed by atoms with E-state index in [1.807, 2.05) is 18.2 Å². The molecule has 0 aliphatic carbocycles. The Hall–Kier alpha value is -2.21. The second-order valence-electron chi connectivity index (χ2n) is 4.25. The molecule has 0 fully saturated rings. The van der Waals surface area contributed by atoms with E-state index in [1.54, 1.807) is 32.6 Å². The summed E-state index contributed by atoms with van der Waals surface area (Å²) in [6, 6.07) is 7.73. The number of hydrogen-bond donors (Lipinski definition) is 2. The van der Waals surface area contributed by atoms with Gasteiger partial charge in [0.2, 0.25) is 0 Å². The Kier molecular flexibility index (Phi) is 5.45. The molecule has 0 amide bonds. The summed E-state index contributed by atoms with van der Waals surface area (Å²) in [7, 11) is 4.97. The molecule has 0 saturated carbocycles. The number of ether oxygens (including phenoxy) is 2. The van der Waals surface area contributed by atoms with Crippen molar-refractivity contribution in [2.75, 3.05) is 26.6 Å². The van der Waals surface area contributed by atoms with Gasteiger partial charge in [-0.2, -0.15) is 11.3 Å². The topological polar surface area (TPSA) is 54.9 Å². The van der Waals surface area contributed by atoms with E-state index in [-0.39, 0.29) is 0 Å². The molecule has 0 bridgehead atoms. The van der Waals surface area contributed by atoms with Crippen molar-refractivity contribution in [3.05, 3.63) is 40.6 Å². The first-order valence-corrected chi connectivity index (χ1v) is 7.42. The lowest BCUT2D eigenvalue weighted by Gasteiger charge is -2.13. The van der Waals surface area contributed by atoms with Crippen LogP contribution in [-0.4, -0.2) is 27.2 Å². The molecular weight excluding hydrogens is 286 g/mol. The van der Waals surface area contributed by atoms with Crippen LogP contribution in [-0.2, 0) is 6.54 Å². The third-order valence-corrected chi connectivity index (χ3v) is 3.64. The van der Waals surface area contributed by atoms with E-state index in [2.05, 4.69) is 32.5 Å². The Balaban J connectivity index is 2.01. The van der Waals surface area contributed by atoms with Crippen LogP contribution in [0.5, 0.6) is 11.5 Å². The van der Waals surface area contributed by atoms with Gasteiger partial charge in [-0.3, -0.25) is 4.99 Å². The minimum absolute atomic E-state index is 0.677. The van der Waals surface area contributed by atoms with E-state index in [0.717, 1.165) is 12.2 Å². The van der Waals surface area contributed by atoms with Crippen LogP contribution in [0.3, 0.4) is 0 Å². The number of methoxy groups -OCH3 is 2. The summed E-state index contributed by atoms with van der Waals surface area (Å²) in [6.07, 6.45) is 0. The number of nitrogens with zero attached hydrogens (tertiary/aromatic N) is 1. The predicted molar refractivity (Wildman–Crippen MR) is 87.7 cm³/mol. The van der Waals surface area contributed by atoms with E-state index in [1.165, 1.54) is 5.56 Å². The van der Waals surface area contributed by atoms with Crippen LogP contribution in [0.4, 0.5) is 5.69 Å². The van der Waals surface area contributed by atoms with Crippen LogP contribution in [0.2, 0.25) is 0 Å². The van der Waals surface area contributed by atoms with E-state index >= 15 is 0 Å². The van der Waals surface area contributed by atoms with Crippen LogP contribution in [0, 0.1) is 0 Å². The number of rotatable bonds is 5. The summed E-state index contributed by atoms with van der Waals surface area (Å²) in [6.45, 7) is 0.733. The minimum atomic E-state index is 0.677. The molecule has 0 unspecified atom stereocenters. The molecule has 0 aliphatic rings. The third kappa shape index (κ3) is 4.13. The molecule has 1 aromatic heterocycles. The number of nitrogens with one attached hydrogen (secondary N) is 2. The molecule has 112 valence electrons. The lowest BCUT2D eigenvalue weighted by atomic mass is 10.2. The standard InChI is InChI=1S/C15H19N3O2S/c1-16-15(17-9-11-6-7-21-10-11)18-12-4-5-13(19-2)14(8-12)20-3/h4-8,10H,9H2,1-3H3,(H2,16,17,18). The minimum Gasteiger partial charge on any atom is -0.493 e. The molecule has 2 rings (SSSR count). The van der Waals surface area contributed by atoms with Gasteiger partial charge in [0.05, 0.1) is 14.2 Å². The zero-order valence-electron chi connectivity index (χ0n) is 12.3. The van der Waals surface area contributed by atoms with Gasteiger partial charge in [0.1, 0.15) is 0 Å². The first-order valence-electron chi connectivity index (χ1n) is 6.47. The lowest BCUT2D eigenvalue weighted by Crippen LogP contribution is -2.30. The molecular formula is C15H19N3O2S. The maximum atomic E-state index is 5.29. The van der Waals surface area contributed by atoms with Gasteiger partial charge in [-0.1, -0.05) is 0 Å². The number of aliphatic imine (C=N–C) groups is 1. The fourth-order valence-electron chi connectivity index (χ4n) is 1.81. The summed E-state index contributed by atoms with van der Waals surface area (Å²) in [5.74, 6) is 2.08. The summed E-state index contributed by atoms with van der Waals surface area (Å²) < 4.78 is 10.5. The van der Waals surface area contributed by atoms with Gasteiger partial charge >= 0.3 is 0 Å². The van der Waals surface area contributed by atoms with Crippen LogP contribution < -0.4 is 20.1 Å². The summed E-state index contributed by atoms with van der Waals surface area (Å²) in [5.41, 5.74) is 2.11. The zero-order chi connectivity index (χ0) is 15.1. The van der Waals surface area contributed by atoms with Crippen LogP contribution in [0.1, 0.15) is 5.56 Å². The Morgan fingerprint density at radius 2 is 2.00 bits per heavy atom. The Bertz CT molecular complexity index is 597. The fraction of sp³-hybridized carbons (Fsp3) is 0.267. The van der Waals surface area contributed by atoms with E-state index in [0.29, 0.717) is 17.5 Å². The van der Waals surface area contributed by atoms with Gasteiger partial charge in [-0.15, -0.1) is 0 Å². The Morgan fingerprint density at radius 3 is 2.62 bits per heavy atom. The quantitative estimate of drug-likeness (QED) is 0.659. The average Bonchev–Trinajstić information content (AvgIpc) is 3.04. The molecule has 5 nitrogen and oxygen atoms in total. The Morgan fingerprint density at radius 1 is 1.19 bits per heavy atom. The van der Waals surface area contributed by atoms with E-state index in [9.17, 15) is 0 Å². The van der Waals surface area contributed by atoms with Gasteiger partial charge in [0.15, 0.2) is 17.5 Å². The lowest BCUT2D eigenvalue weighted by molar-refractivity contribution is 0.355. The van der Waals surface area contributed by atoms with Crippen molar-refractivity contribution in [1.29, 1.82) is 0 Å². The predicted octanol–water partition coefficient (Wildman–Crippen LogP) is 2.95. The first-order chi connectivity index (χ1) is 10.3. The van der Waals surface area contributed by atoms with E-state index < -0.39 is 0 Å².